The van der Waals surface area contributed by atoms with Gasteiger partial charge in [0.15, 0.2) is 0 Å². The number of halogens is 3. The summed E-state index contributed by atoms with van der Waals surface area (Å²) < 4.78 is 42.4. The largest absolute Gasteiger partial charge is 0.573 e. The molecular formula is C16H11F3N4O3. The van der Waals surface area contributed by atoms with Crippen LogP contribution in [0.3, 0.4) is 0 Å². The lowest BCUT2D eigenvalue weighted by Gasteiger charge is -2.10. The Labute approximate surface area is 144 Å². The number of alkyl halides is 3. The Hall–Kier alpha value is -3.43. The van der Waals surface area contributed by atoms with Crippen molar-refractivity contribution >= 4 is 5.97 Å². The van der Waals surface area contributed by atoms with Crippen LogP contribution in [0.25, 0.3) is 16.9 Å². The maximum Gasteiger partial charge on any atom is 0.573 e. The molecule has 2 heterocycles. The third-order valence-electron chi connectivity index (χ3n) is 3.46. The number of hydrogen-bond acceptors (Lipinski definition) is 5. The van der Waals surface area contributed by atoms with Crippen LogP contribution < -0.4 is 4.74 Å². The molecule has 26 heavy (non-hydrogen) atoms. The Balaban J connectivity index is 2.12. The zero-order valence-corrected chi connectivity index (χ0v) is 13.2. The summed E-state index contributed by atoms with van der Waals surface area (Å²) in [5.41, 5.74) is 0.837. The van der Waals surface area contributed by atoms with E-state index in [9.17, 15) is 23.1 Å². The highest BCUT2D eigenvalue weighted by Crippen LogP contribution is 2.29. The van der Waals surface area contributed by atoms with E-state index in [1.165, 1.54) is 42.5 Å². The first-order valence-corrected chi connectivity index (χ1v) is 7.21. The zero-order valence-electron chi connectivity index (χ0n) is 13.2. The molecule has 1 N–H and O–H groups in total. The molecule has 0 radical (unpaired) electrons. The van der Waals surface area contributed by atoms with Crippen molar-refractivity contribution in [1.29, 1.82) is 0 Å². The molecule has 0 saturated carbocycles. The lowest BCUT2D eigenvalue weighted by Crippen LogP contribution is -2.17. The average molecular weight is 364 g/mol. The highest BCUT2D eigenvalue weighted by molar-refractivity contribution is 5.96. The number of nitrogens with zero attached hydrogens (tertiary/aromatic N) is 4. The van der Waals surface area contributed by atoms with E-state index in [1.807, 2.05) is 0 Å². The van der Waals surface area contributed by atoms with E-state index in [0.29, 0.717) is 5.56 Å². The van der Waals surface area contributed by atoms with Crippen molar-refractivity contribution in [3.05, 3.63) is 54.2 Å². The third kappa shape index (κ3) is 3.48. The molecule has 0 fully saturated rings. The number of rotatable bonds is 4. The molecule has 0 amide bonds. The van der Waals surface area contributed by atoms with E-state index >= 15 is 0 Å². The van der Waals surface area contributed by atoms with Gasteiger partial charge in [0.1, 0.15) is 23.3 Å². The molecule has 1 aromatic carbocycles. The second-order valence-electron chi connectivity index (χ2n) is 5.20. The molecule has 3 rings (SSSR count). The molecule has 0 saturated heterocycles. The molecule has 0 spiro atoms. The standard InChI is InChI=1S/C16H11F3N4O3/c1-9-13(15(24)25)14(10-6-20-8-21-7-10)22-23(9)11-3-2-4-12(5-11)26-16(17,18)19/h2-8H,1H3,(H,24,25). The second kappa shape index (κ2) is 6.47. The Morgan fingerprint density at radius 3 is 2.54 bits per heavy atom. The van der Waals surface area contributed by atoms with Crippen molar-refractivity contribution in [2.24, 2.45) is 0 Å². The Morgan fingerprint density at radius 2 is 1.92 bits per heavy atom. The number of ether oxygens (including phenoxy) is 1. The van der Waals surface area contributed by atoms with Gasteiger partial charge in [0, 0.05) is 24.0 Å². The van der Waals surface area contributed by atoms with Crippen LogP contribution >= 0.6 is 0 Å². The summed E-state index contributed by atoms with van der Waals surface area (Å²) in [6.45, 7) is 1.50. The van der Waals surface area contributed by atoms with Crippen molar-refractivity contribution in [3.8, 4) is 22.7 Å². The Bertz CT molecular complexity index is 955. The minimum atomic E-state index is -4.84. The molecular weight excluding hydrogens is 353 g/mol. The predicted octanol–water partition coefficient (Wildman–Crippen LogP) is 3.23. The van der Waals surface area contributed by atoms with Crippen LogP contribution in [0.1, 0.15) is 16.1 Å². The van der Waals surface area contributed by atoms with Gasteiger partial charge in [0.2, 0.25) is 0 Å². The molecule has 7 nitrogen and oxygen atoms in total. The molecule has 134 valence electrons. The number of aromatic nitrogens is 4. The van der Waals surface area contributed by atoms with Gasteiger partial charge in [-0.3, -0.25) is 0 Å². The minimum absolute atomic E-state index is 0.0954. The molecule has 2 aromatic heterocycles. The van der Waals surface area contributed by atoms with Crippen molar-refractivity contribution in [1.82, 2.24) is 19.7 Å². The van der Waals surface area contributed by atoms with Crippen molar-refractivity contribution in [2.45, 2.75) is 13.3 Å². The highest BCUT2D eigenvalue weighted by atomic mass is 19.4. The van der Waals surface area contributed by atoms with E-state index < -0.39 is 18.1 Å². The van der Waals surface area contributed by atoms with Crippen LogP contribution in [0.15, 0.2) is 43.0 Å². The van der Waals surface area contributed by atoms with Crippen LogP contribution in [0, 0.1) is 6.92 Å². The van der Waals surface area contributed by atoms with Gasteiger partial charge in [-0.05, 0) is 19.1 Å². The quantitative estimate of drug-likeness (QED) is 0.764. The number of aromatic carboxylic acids is 1. The monoisotopic (exact) mass is 364 g/mol. The SMILES string of the molecule is Cc1c(C(=O)O)c(-c2cncnc2)nn1-c1cccc(OC(F)(F)F)c1. The lowest BCUT2D eigenvalue weighted by atomic mass is 10.1. The Morgan fingerprint density at radius 1 is 1.23 bits per heavy atom. The number of carboxylic acid groups (broad SMARTS) is 1. The second-order valence-corrected chi connectivity index (χ2v) is 5.20. The maximum atomic E-state index is 12.4. The van der Waals surface area contributed by atoms with Gasteiger partial charge in [-0.1, -0.05) is 6.07 Å². The van der Waals surface area contributed by atoms with Gasteiger partial charge in [-0.15, -0.1) is 13.2 Å². The molecule has 0 aliphatic heterocycles. The Kier molecular flexibility index (Phi) is 4.33. The molecule has 3 aromatic rings. The fraction of sp³-hybridized carbons (Fsp3) is 0.125. The minimum Gasteiger partial charge on any atom is -0.478 e. The third-order valence-corrected chi connectivity index (χ3v) is 3.46. The molecule has 0 atom stereocenters. The van der Waals surface area contributed by atoms with E-state index in [-0.39, 0.29) is 22.6 Å². The molecule has 0 aliphatic rings. The van der Waals surface area contributed by atoms with Crippen molar-refractivity contribution < 1.29 is 27.8 Å². The molecule has 10 heteroatoms. The average Bonchev–Trinajstić information content (AvgIpc) is 2.92. The summed E-state index contributed by atoms with van der Waals surface area (Å²) in [6.07, 6.45) is -0.758. The summed E-state index contributed by atoms with van der Waals surface area (Å²) >= 11 is 0. The van der Waals surface area contributed by atoms with Crippen molar-refractivity contribution in [2.75, 3.05) is 0 Å². The van der Waals surface area contributed by atoms with E-state index in [2.05, 4.69) is 19.8 Å². The number of carboxylic acids is 1. The normalized spacial score (nSPS) is 11.4. The first kappa shape index (κ1) is 17.4. The first-order valence-electron chi connectivity index (χ1n) is 7.21. The van der Waals surface area contributed by atoms with E-state index in [1.54, 1.807) is 0 Å². The maximum absolute atomic E-state index is 12.4. The summed E-state index contributed by atoms with van der Waals surface area (Å²) in [4.78, 5) is 19.3. The van der Waals surface area contributed by atoms with E-state index in [0.717, 1.165) is 12.1 Å². The summed E-state index contributed by atoms with van der Waals surface area (Å²) in [5.74, 6) is -1.67. The van der Waals surface area contributed by atoms with Crippen LogP contribution in [0.4, 0.5) is 13.2 Å². The molecule has 0 bridgehead atoms. The lowest BCUT2D eigenvalue weighted by molar-refractivity contribution is -0.274. The molecule has 0 aliphatic carbocycles. The van der Waals surface area contributed by atoms with Crippen LogP contribution in [0.2, 0.25) is 0 Å². The van der Waals surface area contributed by atoms with Gasteiger partial charge >= 0.3 is 12.3 Å². The summed E-state index contributed by atoms with van der Waals surface area (Å²) in [6, 6.07) is 5.09. The van der Waals surface area contributed by atoms with Gasteiger partial charge in [-0.2, -0.15) is 5.10 Å². The predicted molar refractivity (Wildman–Crippen MR) is 83.0 cm³/mol. The smallest absolute Gasteiger partial charge is 0.478 e. The zero-order chi connectivity index (χ0) is 18.9. The van der Waals surface area contributed by atoms with Crippen LogP contribution in [0.5, 0.6) is 5.75 Å². The van der Waals surface area contributed by atoms with Crippen LogP contribution in [-0.4, -0.2) is 37.2 Å². The van der Waals surface area contributed by atoms with Gasteiger partial charge < -0.3 is 9.84 Å². The van der Waals surface area contributed by atoms with Gasteiger partial charge in [0.05, 0.1) is 11.4 Å². The number of hydrogen-bond donors (Lipinski definition) is 1. The summed E-state index contributed by atoms with van der Waals surface area (Å²) in [7, 11) is 0. The number of benzene rings is 1. The van der Waals surface area contributed by atoms with Gasteiger partial charge in [-0.25, -0.2) is 19.4 Å². The fourth-order valence-electron chi connectivity index (χ4n) is 2.45. The van der Waals surface area contributed by atoms with Crippen LogP contribution in [-0.2, 0) is 0 Å². The topological polar surface area (TPSA) is 90.1 Å². The van der Waals surface area contributed by atoms with E-state index in [4.69, 9.17) is 0 Å². The van der Waals surface area contributed by atoms with Gasteiger partial charge in [0.25, 0.3) is 0 Å². The first-order chi connectivity index (χ1) is 12.3. The fourth-order valence-corrected chi connectivity index (χ4v) is 2.45. The van der Waals surface area contributed by atoms with Crippen molar-refractivity contribution in [3.63, 3.8) is 0 Å². The highest BCUT2D eigenvalue weighted by Gasteiger charge is 2.31. The number of carbonyl (C=O) groups is 1. The summed E-state index contributed by atoms with van der Waals surface area (Å²) in [5, 5.41) is 13.7. The molecule has 0 unspecified atom stereocenters.